The van der Waals surface area contributed by atoms with E-state index in [1.165, 1.54) is 0 Å². The number of anilines is 4. The van der Waals surface area contributed by atoms with Crippen molar-refractivity contribution in [1.29, 1.82) is 0 Å². The molecule has 0 spiro atoms. The molecule has 0 unspecified atom stereocenters. The van der Waals surface area contributed by atoms with Crippen LogP contribution in [0.4, 0.5) is 23.0 Å². The van der Waals surface area contributed by atoms with Crippen LogP contribution in [0.3, 0.4) is 0 Å². The van der Waals surface area contributed by atoms with Gasteiger partial charge in [-0.15, -0.1) is 0 Å². The monoisotopic (exact) mass is 510 g/mol. The Labute approximate surface area is 222 Å². The molecule has 7 rings (SSSR count). The van der Waals surface area contributed by atoms with Crippen molar-refractivity contribution in [2.45, 2.75) is 0 Å². The zero-order valence-electron chi connectivity index (χ0n) is 20.6. The molecule has 188 valence electrons. The van der Waals surface area contributed by atoms with Gasteiger partial charge in [-0.3, -0.25) is 4.79 Å². The van der Waals surface area contributed by atoms with E-state index in [9.17, 15) is 4.79 Å². The lowest BCUT2D eigenvalue weighted by molar-refractivity contribution is 0.102. The smallest absolute Gasteiger partial charge is 0.257 e. The van der Waals surface area contributed by atoms with Crippen molar-refractivity contribution in [1.82, 2.24) is 14.6 Å². The summed E-state index contributed by atoms with van der Waals surface area (Å²) in [7, 11) is 0. The van der Waals surface area contributed by atoms with Crippen LogP contribution in [-0.4, -0.2) is 20.5 Å². The lowest BCUT2D eigenvalue weighted by Crippen LogP contribution is -2.13. The number of nitrogens with two attached hydrogens (primary N) is 1. The number of nitrogens with one attached hydrogen (secondary N) is 2. The van der Waals surface area contributed by atoms with E-state index in [0.717, 1.165) is 44.4 Å². The second-order valence-corrected chi connectivity index (χ2v) is 9.16. The van der Waals surface area contributed by atoms with Gasteiger partial charge in [0.25, 0.3) is 5.91 Å². The second-order valence-electron chi connectivity index (χ2n) is 9.16. The van der Waals surface area contributed by atoms with Crippen LogP contribution < -0.4 is 16.4 Å². The first-order valence-corrected chi connectivity index (χ1v) is 12.4. The van der Waals surface area contributed by atoms with Crippen molar-refractivity contribution in [2.75, 3.05) is 16.4 Å². The van der Waals surface area contributed by atoms with Gasteiger partial charge in [0.2, 0.25) is 5.95 Å². The molecule has 0 fully saturated rings. The van der Waals surface area contributed by atoms with Crippen LogP contribution in [0.25, 0.3) is 38.7 Å². The maximum atomic E-state index is 12.6. The molecule has 4 aromatic carbocycles. The Hall–Kier alpha value is -5.63. The second kappa shape index (κ2) is 9.04. The van der Waals surface area contributed by atoms with E-state index in [1.54, 1.807) is 35.0 Å². The Bertz CT molecular complexity index is 2010. The molecule has 8 nitrogen and oxygen atoms in total. The first-order valence-electron chi connectivity index (χ1n) is 12.4. The van der Waals surface area contributed by atoms with Crippen molar-refractivity contribution < 1.29 is 9.21 Å². The van der Waals surface area contributed by atoms with E-state index in [-0.39, 0.29) is 5.91 Å². The zero-order valence-corrected chi connectivity index (χ0v) is 20.6. The minimum absolute atomic E-state index is 0.263. The fourth-order valence-corrected chi connectivity index (χ4v) is 4.77. The van der Waals surface area contributed by atoms with Gasteiger partial charge in [0, 0.05) is 33.4 Å². The molecule has 0 aliphatic rings. The molecule has 1 amide bonds. The summed E-state index contributed by atoms with van der Waals surface area (Å²) >= 11 is 0. The van der Waals surface area contributed by atoms with E-state index < -0.39 is 0 Å². The largest absolute Gasteiger partial charge is 0.455 e. The normalized spacial score (nSPS) is 11.3. The van der Waals surface area contributed by atoms with Gasteiger partial charge in [0.1, 0.15) is 11.2 Å². The maximum Gasteiger partial charge on any atom is 0.257 e. The third kappa shape index (κ3) is 4.00. The van der Waals surface area contributed by atoms with Gasteiger partial charge in [-0.1, -0.05) is 42.5 Å². The topological polar surface area (TPSA) is 110 Å². The summed E-state index contributed by atoms with van der Waals surface area (Å²) in [5, 5.41) is 12.8. The van der Waals surface area contributed by atoms with Crippen LogP contribution in [0.5, 0.6) is 0 Å². The van der Waals surface area contributed by atoms with Crippen LogP contribution in [0.15, 0.2) is 114 Å². The number of rotatable bonds is 5. The van der Waals surface area contributed by atoms with E-state index >= 15 is 0 Å². The standard InChI is InChI=1S/C31H22N6O2/c32-26-10-3-1-7-24(26)30(38)34-19-12-14-20(15-13-19)35-31-36-27(18-21-16-17-33-37(21)31)25-9-5-8-23-22-6-2-4-11-28(22)39-29(23)25/h1-18H,32H2,(H,34,38)(H,35,36). The van der Waals surface area contributed by atoms with Gasteiger partial charge >= 0.3 is 0 Å². The predicted octanol–water partition coefficient (Wildman–Crippen LogP) is 6.87. The SMILES string of the molecule is Nc1ccccc1C(=O)Nc1ccc(Nc2nc(-c3cccc4c3oc3ccccc34)cc3ccnn23)cc1. The van der Waals surface area contributed by atoms with Crippen LogP contribution >= 0.6 is 0 Å². The molecule has 0 bridgehead atoms. The van der Waals surface area contributed by atoms with Crippen molar-refractivity contribution >= 4 is 56.4 Å². The third-order valence-electron chi connectivity index (χ3n) is 6.67. The average Bonchev–Trinajstić information content (AvgIpc) is 3.59. The van der Waals surface area contributed by atoms with Crippen LogP contribution in [-0.2, 0) is 0 Å². The Morgan fingerprint density at radius 2 is 1.59 bits per heavy atom. The number of furan rings is 1. The Morgan fingerprint density at radius 3 is 2.46 bits per heavy atom. The molecule has 0 aliphatic heterocycles. The van der Waals surface area contributed by atoms with E-state index in [2.05, 4.69) is 27.9 Å². The summed E-state index contributed by atoms with van der Waals surface area (Å²) in [6.45, 7) is 0. The first kappa shape index (κ1) is 22.6. The number of hydrogen-bond acceptors (Lipinski definition) is 6. The number of hydrogen-bond donors (Lipinski definition) is 3. The number of nitrogen functional groups attached to an aromatic ring is 1. The minimum atomic E-state index is -0.263. The number of fused-ring (bicyclic) bond motifs is 4. The van der Waals surface area contributed by atoms with Crippen LogP contribution in [0.2, 0.25) is 0 Å². The highest BCUT2D eigenvalue weighted by molar-refractivity contribution is 6.09. The van der Waals surface area contributed by atoms with Gasteiger partial charge in [0.15, 0.2) is 0 Å². The first-order chi connectivity index (χ1) is 19.1. The number of amides is 1. The Morgan fingerprint density at radius 1 is 0.821 bits per heavy atom. The fourth-order valence-electron chi connectivity index (χ4n) is 4.77. The van der Waals surface area contributed by atoms with E-state index in [1.807, 2.05) is 66.7 Å². The number of aromatic nitrogens is 3. The molecule has 0 atom stereocenters. The lowest BCUT2D eigenvalue weighted by Gasteiger charge is -2.12. The predicted molar refractivity (Wildman–Crippen MR) is 154 cm³/mol. The maximum absolute atomic E-state index is 12.6. The summed E-state index contributed by atoms with van der Waals surface area (Å²) in [5.41, 5.74) is 12.4. The fraction of sp³-hybridized carbons (Fsp3) is 0. The molecule has 7 aromatic rings. The summed E-state index contributed by atoms with van der Waals surface area (Å²) in [6, 6.07) is 32.4. The number of para-hydroxylation sites is 3. The number of carbonyl (C=O) groups is 1. The number of benzene rings is 4. The summed E-state index contributed by atoms with van der Waals surface area (Å²) < 4.78 is 7.99. The molecule has 4 N–H and O–H groups in total. The lowest BCUT2D eigenvalue weighted by atomic mass is 10.1. The molecule has 0 aliphatic carbocycles. The molecule has 0 radical (unpaired) electrons. The van der Waals surface area contributed by atoms with Gasteiger partial charge in [-0.2, -0.15) is 5.10 Å². The molecule has 39 heavy (non-hydrogen) atoms. The number of carbonyl (C=O) groups excluding carboxylic acids is 1. The molecular weight excluding hydrogens is 488 g/mol. The molecule has 3 heterocycles. The zero-order chi connectivity index (χ0) is 26.3. The molecule has 8 heteroatoms. The molecule has 0 saturated heterocycles. The summed E-state index contributed by atoms with van der Waals surface area (Å²) in [4.78, 5) is 17.5. The van der Waals surface area contributed by atoms with Crippen LogP contribution in [0.1, 0.15) is 10.4 Å². The highest BCUT2D eigenvalue weighted by Crippen LogP contribution is 2.36. The molecular formula is C31H22N6O2. The third-order valence-corrected chi connectivity index (χ3v) is 6.67. The average molecular weight is 511 g/mol. The van der Waals surface area contributed by atoms with Crippen molar-refractivity contribution in [3.05, 3.63) is 115 Å². The van der Waals surface area contributed by atoms with Gasteiger partial charge in [0.05, 0.1) is 23.0 Å². The van der Waals surface area contributed by atoms with Crippen LogP contribution in [0, 0.1) is 0 Å². The molecule has 0 saturated carbocycles. The Kier molecular flexibility index (Phi) is 5.23. The molecule has 3 aromatic heterocycles. The highest BCUT2D eigenvalue weighted by Gasteiger charge is 2.16. The quantitative estimate of drug-likeness (QED) is 0.218. The highest BCUT2D eigenvalue weighted by atomic mass is 16.3. The van der Waals surface area contributed by atoms with Crippen molar-refractivity contribution in [3.8, 4) is 11.3 Å². The Balaban J connectivity index is 1.21. The summed E-state index contributed by atoms with van der Waals surface area (Å²) in [6.07, 6.45) is 1.74. The van der Waals surface area contributed by atoms with Crippen molar-refractivity contribution in [2.24, 2.45) is 0 Å². The number of nitrogens with zero attached hydrogens (tertiary/aromatic N) is 3. The van der Waals surface area contributed by atoms with Gasteiger partial charge < -0.3 is 20.8 Å². The van der Waals surface area contributed by atoms with Gasteiger partial charge in [-0.25, -0.2) is 9.50 Å². The van der Waals surface area contributed by atoms with Crippen molar-refractivity contribution in [3.63, 3.8) is 0 Å². The van der Waals surface area contributed by atoms with E-state index in [4.69, 9.17) is 15.1 Å². The van der Waals surface area contributed by atoms with E-state index in [0.29, 0.717) is 22.9 Å². The minimum Gasteiger partial charge on any atom is -0.455 e. The van der Waals surface area contributed by atoms with Gasteiger partial charge in [-0.05, 0) is 60.7 Å². The summed E-state index contributed by atoms with van der Waals surface area (Å²) in [5.74, 6) is 0.288.